The molecule has 4 fully saturated rings. The Balaban J connectivity index is 1.58. The zero-order chi connectivity index (χ0) is 22.4. The van der Waals surface area contributed by atoms with Gasteiger partial charge in [0.05, 0.1) is 6.10 Å². The average molecular weight is 427 g/mol. The lowest BCUT2D eigenvalue weighted by Crippen LogP contribution is -2.63. The van der Waals surface area contributed by atoms with Crippen LogP contribution in [0.4, 0.5) is 0 Å². The van der Waals surface area contributed by atoms with Crippen molar-refractivity contribution in [2.75, 3.05) is 0 Å². The van der Waals surface area contributed by atoms with E-state index in [4.69, 9.17) is 0 Å². The number of carbonyl (C=O) groups excluding carboxylic acids is 1. The lowest BCUT2D eigenvalue weighted by Gasteiger charge is -2.70. The molecule has 0 bridgehead atoms. The van der Waals surface area contributed by atoms with E-state index in [-0.39, 0.29) is 16.9 Å². The van der Waals surface area contributed by atoms with Crippen molar-refractivity contribution < 1.29 is 9.90 Å². The highest BCUT2D eigenvalue weighted by molar-refractivity contribution is 5.63. The van der Waals surface area contributed by atoms with E-state index in [1.165, 1.54) is 51.2 Å². The normalized spacial score (nSPS) is 55.7. The van der Waals surface area contributed by atoms with Gasteiger partial charge in [-0.15, -0.1) is 0 Å². The Morgan fingerprint density at radius 1 is 0.968 bits per heavy atom. The molecule has 0 heterocycles. The van der Waals surface area contributed by atoms with Crippen LogP contribution in [0.3, 0.4) is 0 Å². The molecule has 174 valence electrons. The summed E-state index contributed by atoms with van der Waals surface area (Å²) in [4.78, 5) is 12.5. The van der Waals surface area contributed by atoms with Gasteiger partial charge >= 0.3 is 0 Å². The van der Waals surface area contributed by atoms with Gasteiger partial charge in [0.2, 0.25) is 0 Å². The first-order valence-electron chi connectivity index (χ1n) is 13.3. The Bertz CT molecular complexity index is 797. The van der Waals surface area contributed by atoms with E-state index in [0.717, 1.165) is 19.3 Å². The van der Waals surface area contributed by atoms with Crippen LogP contribution in [0.2, 0.25) is 0 Å². The molecule has 0 saturated heterocycles. The molecule has 1 N–H and O–H groups in total. The van der Waals surface area contributed by atoms with Gasteiger partial charge in [-0.05, 0) is 110 Å². The topological polar surface area (TPSA) is 37.3 Å². The van der Waals surface area contributed by atoms with Gasteiger partial charge in [0.25, 0.3) is 0 Å². The second kappa shape index (κ2) is 6.71. The van der Waals surface area contributed by atoms with Crippen molar-refractivity contribution in [2.45, 2.75) is 112 Å². The number of aliphatic hydroxyl groups is 1. The van der Waals surface area contributed by atoms with E-state index in [0.29, 0.717) is 39.9 Å². The molecule has 5 aliphatic carbocycles. The molecule has 2 heteroatoms. The lowest BCUT2D eigenvalue weighted by atomic mass is 9.34. The van der Waals surface area contributed by atoms with Crippen molar-refractivity contribution >= 4 is 6.29 Å². The fraction of sp³-hybridized carbons (Fsp3) is 0.897. The monoisotopic (exact) mass is 426 g/mol. The molecule has 5 rings (SSSR count). The van der Waals surface area contributed by atoms with E-state index in [9.17, 15) is 9.90 Å². The summed E-state index contributed by atoms with van der Waals surface area (Å²) >= 11 is 0. The van der Waals surface area contributed by atoms with Gasteiger partial charge < -0.3 is 9.90 Å². The summed E-state index contributed by atoms with van der Waals surface area (Å²) in [7, 11) is 0. The van der Waals surface area contributed by atoms with Crippen LogP contribution in [0.25, 0.3) is 0 Å². The second-order valence-electron chi connectivity index (χ2n) is 14.1. The van der Waals surface area contributed by atoms with Crippen molar-refractivity contribution in [1.29, 1.82) is 0 Å². The molecular weight excluding hydrogens is 380 g/mol. The number of aliphatic hydroxyl groups excluding tert-OH is 1. The predicted molar refractivity (Wildman–Crippen MR) is 126 cm³/mol. The van der Waals surface area contributed by atoms with Crippen LogP contribution in [-0.2, 0) is 4.79 Å². The molecule has 9 atom stereocenters. The number of fused-ring (bicyclic) bond motifs is 7. The maximum atomic E-state index is 12.5. The fourth-order valence-electron chi connectivity index (χ4n) is 10.1. The zero-order valence-corrected chi connectivity index (χ0v) is 21.0. The van der Waals surface area contributed by atoms with Crippen molar-refractivity contribution in [1.82, 2.24) is 0 Å². The summed E-state index contributed by atoms with van der Waals surface area (Å²) in [6, 6.07) is 0. The van der Waals surface area contributed by atoms with Gasteiger partial charge in [-0.2, -0.15) is 0 Å². The van der Waals surface area contributed by atoms with Gasteiger partial charge in [-0.25, -0.2) is 0 Å². The molecule has 31 heavy (non-hydrogen) atoms. The minimum atomic E-state index is -0.111. The van der Waals surface area contributed by atoms with Crippen molar-refractivity contribution in [2.24, 2.45) is 50.7 Å². The van der Waals surface area contributed by atoms with Crippen LogP contribution in [0, 0.1) is 50.7 Å². The Morgan fingerprint density at radius 2 is 1.68 bits per heavy atom. The minimum Gasteiger partial charge on any atom is -0.393 e. The van der Waals surface area contributed by atoms with Crippen LogP contribution in [0.5, 0.6) is 0 Å². The molecule has 0 radical (unpaired) electrons. The maximum absolute atomic E-state index is 12.5. The molecule has 5 aliphatic rings. The van der Waals surface area contributed by atoms with Gasteiger partial charge in [-0.3, -0.25) is 0 Å². The number of hydrogen-bond acceptors (Lipinski definition) is 2. The summed E-state index contributed by atoms with van der Waals surface area (Å²) in [5, 5.41) is 10.6. The number of rotatable bonds is 1. The van der Waals surface area contributed by atoms with E-state index in [1.807, 2.05) is 0 Å². The summed E-state index contributed by atoms with van der Waals surface area (Å²) in [6.07, 6.45) is 15.5. The molecule has 4 saturated carbocycles. The third-order valence-electron chi connectivity index (χ3n) is 12.5. The van der Waals surface area contributed by atoms with Gasteiger partial charge in [0.15, 0.2) is 0 Å². The first kappa shape index (κ1) is 22.2. The van der Waals surface area contributed by atoms with Crippen LogP contribution in [0.15, 0.2) is 11.6 Å². The van der Waals surface area contributed by atoms with Crippen molar-refractivity contribution in [3.8, 4) is 0 Å². The molecule has 0 amide bonds. The quantitative estimate of drug-likeness (QED) is 0.363. The van der Waals surface area contributed by atoms with E-state index in [2.05, 4.69) is 47.6 Å². The predicted octanol–water partition coefficient (Wildman–Crippen LogP) is 6.96. The molecular formula is C29H46O2. The number of aldehydes is 1. The van der Waals surface area contributed by atoms with Crippen molar-refractivity contribution in [3.63, 3.8) is 0 Å². The minimum absolute atomic E-state index is 0.103. The standard InChI is InChI=1S/C29H46O2/c1-19-20-9-12-28(6)24(26(20,4)11-10-23(19)31)8-7-21-22-17-25(2,3)13-15-29(22,18-30)16-14-27(21,28)5/h7,18-20,22-24,31H,8-17H2,1-6H3/t19?,20-,22?,23-,24?,26?,27+,28-,29+/m0/s1. The van der Waals surface area contributed by atoms with Crippen molar-refractivity contribution in [3.05, 3.63) is 11.6 Å². The van der Waals surface area contributed by atoms with E-state index < -0.39 is 0 Å². The molecule has 0 aromatic carbocycles. The Kier molecular flexibility index (Phi) is 4.80. The molecule has 0 aliphatic heterocycles. The second-order valence-corrected chi connectivity index (χ2v) is 14.1. The van der Waals surface area contributed by atoms with Gasteiger partial charge in [0, 0.05) is 5.41 Å². The smallest absolute Gasteiger partial charge is 0.126 e. The summed E-state index contributed by atoms with van der Waals surface area (Å²) in [5.74, 6) is 2.22. The lowest BCUT2D eigenvalue weighted by molar-refractivity contribution is -0.180. The first-order chi connectivity index (χ1) is 14.4. The van der Waals surface area contributed by atoms with E-state index >= 15 is 0 Å². The summed E-state index contributed by atoms with van der Waals surface area (Å²) in [5.41, 5.74) is 2.76. The first-order valence-corrected chi connectivity index (χ1v) is 13.3. The van der Waals surface area contributed by atoms with Gasteiger partial charge in [0.1, 0.15) is 6.29 Å². The third-order valence-corrected chi connectivity index (χ3v) is 12.5. The highest BCUT2D eigenvalue weighted by Gasteiger charge is 2.67. The largest absolute Gasteiger partial charge is 0.393 e. The number of allylic oxidation sites excluding steroid dienone is 2. The SMILES string of the molecule is CC1[C@@H](O)CCC2(C)C3CC=C4C5CC(C)(C)CC[C@]5(C=O)CC[C@@]4(C)[C@@]3(C)CC[C@@H]12. The van der Waals surface area contributed by atoms with Crippen LogP contribution in [-0.4, -0.2) is 17.5 Å². The highest BCUT2D eigenvalue weighted by Crippen LogP contribution is 2.74. The average Bonchev–Trinajstić information content (AvgIpc) is 2.71. The Morgan fingerprint density at radius 3 is 2.39 bits per heavy atom. The third kappa shape index (κ3) is 2.75. The number of hydrogen-bond donors (Lipinski definition) is 1. The summed E-state index contributed by atoms with van der Waals surface area (Å²) < 4.78 is 0. The molecule has 0 aromatic rings. The van der Waals surface area contributed by atoms with Crippen LogP contribution in [0.1, 0.15) is 106 Å². The molecule has 2 nitrogen and oxygen atoms in total. The molecule has 0 aromatic heterocycles. The Labute approximate surface area is 190 Å². The fourth-order valence-corrected chi connectivity index (χ4v) is 10.1. The van der Waals surface area contributed by atoms with Crippen LogP contribution >= 0.6 is 0 Å². The Hall–Kier alpha value is -0.630. The van der Waals surface area contributed by atoms with Gasteiger partial charge in [-0.1, -0.05) is 53.2 Å². The summed E-state index contributed by atoms with van der Waals surface area (Å²) in [6.45, 7) is 14.9. The van der Waals surface area contributed by atoms with Crippen LogP contribution < -0.4 is 0 Å². The molecule has 0 spiro atoms. The number of carbonyl (C=O) groups is 1. The zero-order valence-electron chi connectivity index (χ0n) is 21.0. The highest BCUT2D eigenvalue weighted by atomic mass is 16.3. The maximum Gasteiger partial charge on any atom is 0.126 e. The van der Waals surface area contributed by atoms with E-state index in [1.54, 1.807) is 5.57 Å². The molecule has 4 unspecified atom stereocenters.